The van der Waals surface area contributed by atoms with Crippen molar-refractivity contribution in [2.45, 2.75) is 65.4 Å². The van der Waals surface area contributed by atoms with Crippen molar-refractivity contribution in [1.29, 1.82) is 0 Å². The molecule has 0 saturated carbocycles. The lowest BCUT2D eigenvalue weighted by Crippen LogP contribution is -2.43. The highest BCUT2D eigenvalue weighted by Crippen LogP contribution is 2.24. The first-order valence-corrected chi connectivity index (χ1v) is 11.4. The number of hydrogen-bond acceptors (Lipinski definition) is 6. The smallest absolute Gasteiger partial charge is 0.420 e. The van der Waals surface area contributed by atoms with Gasteiger partial charge in [-0.1, -0.05) is 23.3 Å². The van der Waals surface area contributed by atoms with Gasteiger partial charge in [0.05, 0.1) is 12.8 Å². The molecule has 0 aliphatic heterocycles. The van der Waals surface area contributed by atoms with E-state index in [0.29, 0.717) is 11.4 Å². The van der Waals surface area contributed by atoms with Gasteiger partial charge in [0.25, 0.3) is 0 Å². The summed E-state index contributed by atoms with van der Waals surface area (Å²) in [5, 5.41) is 0. The van der Waals surface area contributed by atoms with Gasteiger partial charge in [-0.05, 0) is 71.7 Å². The second-order valence-electron chi connectivity index (χ2n) is 9.09. The number of anilines is 1. The summed E-state index contributed by atoms with van der Waals surface area (Å²) in [6, 6.07) is 5.39. The summed E-state index contributed by atoms with van der Waals surface area (Å²) < 4.78 is 22.5. The molecule has 1 aromatic rings. The Morgan fingerprint density at radius 3 is 2.03 bits per heavy atom. The minimum atomic E-state index is -1.04. The zero-order chi connectivity index (χ0) is 23.3. The van der Waals surface area contributed by atoms with Gasteiger partial charge in [0, 0.05) is 11.3 Å². The van der Waals surface area contributed by atoms with E-state index < -0.39 is 34.6 Å². The van der Waals surface area contributed by atoms with Crippen molar-refractivity contribution in [3.05, 3.63) is 35.4 Å². The van der Waals surface area contributed by atoms with Crippen molar-refractivity contribution in [3.8, 4) is 0 Å². The molecule has 0 bridgehead atoms. The topological polar surface area (TPSA) is 105 Å². The van der Waals surface area contributed by atoms with Crippen LogP contribution in [0.15, 0.2) is 24.3 Å². The van der Waals surface area contributed by atoms with Gasteiger partial charge in [-0.2, -0.15) is 0 Å². The van der Waals surface area contributed by atoms with Gasteiger partial charge in [0.1, 0.15) is 17.0 Å². The number of benzene rings is 1. The largest absolute Gasteiger partial charge is 0.616 e. The first kappa shape index (κ1) is 25.8. The van der Waals surface area contributed by atoms with Gasteiger partial charge in [0.2, 0.25) is 0 Å². The number of carbonyl (C=O) groups excluding carboxylic acids is 2. The molecule has 1 unspecified atom stereocenters. The highest BCUT2D eigenvalue weighted by molar-refractivity contribution is 7.89. The van der Waals surface area contributed by atoms with Gasteiger partial charge in [0.15, 0.2) is 0 Å². The van der Waals surface area contributed by atoms with Crippen LogP contribution < -0.4 is 5.73 Å². The van der Waals surface area contributed by atoms with E-state index >= 15 is 0 Å². The van der Waals surface area contributed by atoms with Gasteiger partial charge in [-0.25, -0.2) is 14.5 Å². The summed E-state index contributed by atoms with van der Waals surface area (Å²) in [6.07, 6.45) is 1.79. The monoisotopic (exact) mass is 438 g/mol. The van der Waals surface area contributed by atoms with E-state index in [1.165, 1.54) is 0 Å². The van der Waals surface area contributed by atoms with E-state index in [-0.39, 0.29) is 6.54 Å². The lowest BCUT2D eigenvalue weighted by molar-refractivity contribution is 0.00376. The molecule has 2 amide bonds. The van der Waals surface area contributed by atoms with E-state index in [9.17, 15) is 14.1 Å². The summed E-state index contributed by atoms with van der Waals surface area (Å²) in [6.45, 7) is 12.2. The lowest BCUT2D eigenvalue weighted by atomic mass is 10.0. The number of carbonyl (C=O) groups is 2. The fourth-order valence-electron chi connectivity index (χ4n) is 2.53. The van der Waals surface area contributed by atoms with Crippen LogP contribution in [0.2, 0.25) is 0 Å². The van der Waals surface area contributed by atoms with Gasteiger partial charge in [-0.15, -0.1) is 0 Å². The van der Waals surface area contributed by atoms with E-state index in [1.807, 2.05) is 13.0 Å². The Kier molecular flexibility index (Phi) is 8.80. The van der Waals surface area contributed by atoms with Gasteiger partial charge >= 0.3 is 12.2 Å². The van der Waals surface area contributed by atoms with Crippen molar-refractivity contribution >= 4 is 34.6 Å². The summed E-state index contributed by atoms with van der Waals surface area (Å²) in [5.74, 6) is 0.355. The molecular weight excluding hydrogens is 404 g/mol. The van der Waals surface area contributed by atoms with Crippen molar-refractivity contribution in [2.75, 3.05) is 18.5 Å². The molecule has 168 valence electrons. The molecule has 0 radical (unpaired) electrons. The predicted octanol–water partition coefficient (Wildman–Crippen LogP) is 4.72. The van der Waals surface area contributed by atoms with Crippen LogP contribution in [-0.2, 0) is 26.4 Å². The SMILES string of the molecule is C/C(=C\CN(C(=O)OC(C)(C)C)C(=O)OC(C)(C)C)c1ccc(N)cc1C[S+](C)[O-]. The average molecular weight is 439 g/mol. The number of nitrogen functional groups attached to an aromatic ring is 1. The number of allylic oxidation sites excluding steroid dienone is 1. The van der Waals surface area contributed by atoms with Crippen LogP contribution in [0.5, 0.6) is 0 Å². The van der Waals surface area contributed by atoms with Crippen molar-refractivity contribution in [3.63, 3.8) is 0 Å². The lowest BCUT2D eigenvalue weighted by Gasteiger charge is -2.28. The zero-order valence-electron chi connectivity index (χ0n) is 19.2. The molecule has 30 heavy (non-hydrogen) atoms. The number of nitrogens with two attached hydrogens (primary N) is 1. The maximum absolute atomic E-state index is 12.6. The molecule has 2 N–H and O–H groups in total. The van der Waals surface area contributed by atoms with Crippen molar-refractivity contribution in [1.82, 2.24) is 4.90 Å². The van der Waals surface area contributed by atoms with Crippen LogP contribution in [0.3, 0.4) is 0 Å². The summed E-state index contributed by atoms with van der Waals surface area (Å²) in [4.78, 5) is 26.1. The minimum Gasteiger partial charge on any atom is -0.616 e. The molecule has 1 aromatic carbocycles. The van der Waals surface area contributed by atoms with Crippen LogP contribution in [-0.4, -0.2) is 45.6 Å². The summed E-state index contributed by atoms with van der Waals surface area (Å²) in [5.41, 5.74) is 7.44. The number of nitrogens with zero attached hydrogens (tertiary/aromatic N) is 1. The first-order chi connectivity index (χ1) is 13.6. The van der Waals surface area contributed by atoms with E-state index in [2.05, 4.69) is 0 Å². The summed E-state index contributed by atoms with van der Waals surface area (Å²) >= 11 is -1.04. The Bertz CT molecular complexity index is 764. The molecule has 7 nitrogen and oxygen atoms in total. The fraction of sp³-hybridized carbons (Fsp3) is 0.545. The maximum Gasteiger partial charge on any atom is 0.420 e. The standard InChI is InChI=1S/C22H34N2O5S/c1-15(18-10-9-17(23)13-16(18)14-30(8)27)11-12-24(19(25)28-21(2,3)4)20(26)29-22(5,6)7/h9-11,13H,12,14,23H2,1-8H3/b15-11+. The normalized spacial score (nSPS) is 13.6. The molecular formula is C22H34N2O5S. The minimum absolute atomic E-state index is 0.0330. The first-order valence-electron chi connectivity index (χ1n) is 9.68. The van der Waals surface area contributed by atoms with E-state index in [1.54, 1.807) is 66.0 Å². The molecule has 0 aliphatic rings. The van der Waals surface area contributed by atoms with E-state index in [0.717, 1.165) is 21.6 Å². The van der Waals surface area contributed by atoms with Crippen LogP contribution in [0.1, 0.15) is 59.6 Å². The third kappa shape index (κ3) is 9.09. The van der Waals surface area contributed by atoms with Gasteiger partial charge in [-0.3, -0.25) is 0 Å². The van der Waals surface area contributed by atoms with Gasteiger partial charge < -0.3 is 19.8 Å². The Hall–Kier alpha value is -2.19. The molecule has 8 heteroatoms. The highest BCUT2D eigenvalue weighted by Gasteiger charge is 2.30. The second-order valence-corrected chi connectivity index (χ2v) is 10.5. The van der Waals surface area contributed by atoms with Crippen LogP contribution in [0, 0.1) is 0 Å². The molecule has 0 aromatic heterocycles. The number of ether oxygens (including phenoxy) is 2. The molecule has 1 rings (SSSR count). The summed E-state index contributed by atoms with van der Waals surface area (Å²) in [7, 11) is 0. The second kappa shape index (κ2) is 10.2. The quantitative estimate of drug-likeness (QED) is 0.527. The molecule has 0 aliphatic carbocycles. The Morgan fingerprint density at radius 2 is 1.60 bits per heavy atom. The third-order valence-electron chi connectivity index (χ3n) is 3.72. The molecule has 0 saturated heterocycles. The molecule has 1 atom stereocenters. The van der Waals surface area contributed by atoms with Crippen molar-refractivity contribution < 1.29 is 23.6 Å². The van der Waals surface area contributed by atoms with Crippen LogP contribution in [0.25, 0.3) is 5.57 Å². The Balaban J connectivity index is 3.18. The fourth-order valence-corrected chi connectivity index (χ4v) is 3.21. The third-order valence-corrected chi connectivity index (χ3v) is 4.44. The molecule has 0 spiro atoms. The number of amides is 2. The van der Waals surface area contributed by atoms with E-state index in [4.69, 9.17) is 15.2 Å². The van der Waals surface area contributed by atoms with Crippen LogP contribution in [0.4, 0.5) is 15.3 Å². The zero-order valence-corrected chi connectivity index (χ0v) is 20.0. The molecule has 0 fully saturated rings. The number of rotatable bonds is 5. The predicted molar refractivity (Wildman–Crippen MR) is 121 cm³/mol. The number of imide groups is 1. The average Bonchev–Trinajstić information content (AvgIpc) is 2.50. The maximum atomic E-state index is 12.6. The Morgan fingerprint density at radius 1 is 1.10 bits per heavy atom. The highest BCUT2D eigenvalue weighted by atomic mass is 32.2. The number of hydrogen-bond donors (Lipinski definition) is 1. The van der Waals surface area contributed by atoms with Crippen LogP contribution >= 0.6 is 0 Å². The molecule has 0 heterocycles. The van der Waals surface area contributed by atoms with Crippen molar-refractivity contribution in [2.24, 2.45) is 0 Å². The Labute approximate surface area is 182 Å².